The summed E-state index contributed by atoms with van der Waals surface area (Å²) in [6, 6.07) is 0. The fourth-order valence-corrected chi connectivity index (χ4v) is 12.3. The molecule has 0 amide bonds. The summed E-state index contributed by atoms with van der Waals surface area (Å²) in [5, 5.41) is 17.6. The zero-order valence-electron chi connectivity index (χ0n) is 4.99. The Labute approximate surface area is 75.2 Å². The van der Waals surface area contributed by atoms with Crippen molar-refractivity contribution < 1.29 is 10.2 Å². The van der Waals surface area contributed by atoms with Crippen molar-refractivity contribution in [3.05, 3.63) is 0 Å². The van der Waals surface area contributed by atoms with Crippen LogP contribution in [0.2, 0.25) is 17.4 Å². The third-order valence-electron chi connectivity index (χ3n) is 1.17. The molecule has 1 aliphatic rings. The molecule has 1 saturated heterocycles. The van der Waals surface area contributed by atoms with Crippen molar-refractivity contribution in [3.8, 4) is 0 Å². The standard InChI is InChI=1S/C5H10O2Te2/c6-5(7)4-3-8-1-2-9-4/h4-7H,1-3H2. The molecule has 9 heavy (non-hydrogen) atoms. The van der Waals surface area contributed by atoms with Gasteiger partial charge >= 0.3 is 75.7 Å². The van der Waals surface area contributed by atoms with Crippen molar-refractivity contribution in [1.29, 1.82) is 0 Å². The summed E-state index contributed by atoms with van der Waals surface area (Å²) < 4.78 is 4.35. The van der Waals surface area contributed by atoms with E-state index in [0.717, 1.165) is 0 Å². The second kappa shape index (κ2) is 4.39. The van der Waals surface area contributed by atoms with Gasteiger partial charge in [0.1, 0.15) is 0 Å². The van der Waals surface area contributed by atoms with E-state index in [0.29, 0.717) is 3.97 Å². The Morgan fingerprint density at radius 1 is 1.33 bits per heavy atom. The van der Waals surface area contributed by atoms with Gasteiger partial charge in [0.05, 0.1) is 0 Å². The Morgan fingerprint density at radius 2 is 2.11 bits per heavy atom. The van der Waals surface area contributed by atoms with Gasteiger partial charge in [-0.15, -0.1) is 0 Å². The van der Waals surface area contributed by atoms with Crippen molar-refractivity contribution in [1.82, 2.24) is 0 Å². The second-order valence-electron chi connectivity index (χ2n) is 1.90. The Hall–Kier alpha value is 1.50. The van der Waals surface area contributed by atoms with Gasteiger partial charge < -0.3 is 0 Å². The third-order valence-corrected chi connectivity index (χ3v) is 12.5. The van der Waals surface area contributed by atoms with Gasteiger partial charge in [0.15, 0.2) is 0 Å². The van der Waals surface area contributed by atoms with Crippen molar-refractivity contribution in [3.63, 3.8) is 0 Å². The van der Waals surface area contributed by atoms with E-state index in [1.807, 2.05) is 0 Å². The quantitative estimate of drug-likeness (QED) is 0.503. The summed E-state index contributed by atoms with van der Waals surface area (Å²) in [7, 11) is 0. The van der Waals surface area contributed by atoms with Crippen LogP contribution >= 0.6 is 0 Å². The first-order valence-corrected chi connectivity index (χ1v) is 9.15. The number of aliphatic hydroxyl groups excluding tert-OH is 1. The normalized spacial score (nSPS) is 29.0. The molecule has 1 aliphatic heterocycles. The molecule has 1 unspecified atom stereocenters. The first-order chi connectivity index (χ1) is 4.30. The summed E-state index contributed by atoms with van der Waals surface area (Å²) in [4.78, 5) is 0. The van der Waals surface area contributed by atoms with Crippen LogP contribution in [0.15, 0.2) is 0 Å². The molecule has 0 aromatic rings. The average molecular weight is 357 g/mol. The van der Waals surface area contributed by atoms with Gasteiger partial charge in [-0.2, -0.15) is 0 Å². The van der Waals surface area contributed by atoms with Crippen molar-refractivity contribution in [2.45, 2.75) is 23.7 Å². The SMILES string of the molecule is OC(O)C1C[Te]CC[Te]1. The summed E-state index contributed by atoms with van der Waals surface area (Å²) in [5.41, 5.74) is 0. The van der Waals surface area contributed by atoms with E-state index in [4.69, 9.17) is 10.2 Å². The molecule has 1 atom stereocenters. The van der Waals surface area contributed by atoms with E-state index in [9.17, 15) is 0 Å². The van der Waals surface area contributed by atoms with E-state index in [1.54, 1.807) is 0 Å². The maximum atomic E-state index is 8.79. The predicted octanol–water partition coefficient (Wildman–Crippen LogP) is -0.238. The first-order valence-electron chi connectivity index (χ1n) is 2.86. The summed E-state index contributed by atoms with van der Waals surface area (Å²) in [6.07, 6.45) is -0.974. The van der Waals surface area contributed by atoms with Gasteiger partial charge in [-0.3, -0.25) is 0 Å². The van der Waals surface area contributed by atoms with Crippen LogP contribution in [0.4, 0.5) is 0 Å². The first kappa shape index (κ1) is 8.59. The third kappa shape index (κ3) is 2.93. The summed E-state index contributed by atoms with van der Waals surface area (Å²) in [5.74, 6) is 0. The van der Waals surface area contributed by atoms with Gasteiger partial charge in [0.25, 0.3) is 0 Å². The molecule has 4 heteroatoms. The Kier molecular flexibility index (Phi) is 4.19. The molecule has 2 N–H and O–H groups in total. The van der Waals surface area contributed by atoms with Gasteiger partial charge in [-0.1, -0.05) is 0 Å². The van der Waals surface area contributed by atoms with Gasteiger partial charge in [0, 0.05) is 0 Å². The fourth-order valence-electron chi connectivity index (χ4n) is 0.678. The minimum atomic E-state index is -0.974. The van der Waals surface area contributed by atoms with E-state index >= 15 is 0 Å². The number of hydrogen-bond donors (Lipinski definition) is 2. The molecule has 0 saturated carbocycles. The van der Waals surface area contributed by atoms with Gasteiger partial charge in [0.2, 0.25) is 0 Å². The van der Waals surface area contributed by atoms with Crippen LogP contribution in [-0.4, -0.2) is 58.3 Å². The number of rotatable bonds is 1. The fraction of sp³-hybridized carbons (Fsp3) is 1.00. The van der Waals surface area contributed by atoms with E-state index < -0.39 is 6.29 Å². The van der Waals surface area contributed by atoms with Gasteiger partial charge in [-0.25, -0.2) is 0 Å². The Balaban J connectivity index is 2.23. The molecule has 54 valence electrons. The van der Waals surface area contributed by atoms with E-state index in [-0.39, 0.29) is 41.8 Å². The van der Waals surface area contributed by atoms with Crippen LogP contribution in [0.3, 0.4) is 0 Å². The molecule has 0 aromatic heterocycles. The van der Waals surface area contributed by atoms with Crippen LogP contribution in [-0.2, 0) is 0 Å². The molecule has 0 aromatic carbocycles. The molecule has 0 bridgehead atoms. The van der Waals surface area contributed by atoms with Crippen LogP contribution < -0.4 is 0 Å². The van der Waals surface area contributed by atoms with Crippen LogP contribution in [0.1, 0.15) is 0 Å². The summed E-state index contributed by atoms with van der Waals surface area (Å²) >= 11 is 0.179. The topological polar surface area (TPSA) is 40.5 Å². The van der Waals surface area contributed by atoms with E-state index in [2.05, 4.69) is 0 Å². The van der Waals surface area contributed by atoms with Gasteiger partial charge in [-0.05, 0) is 0 Å². The second-order valence-corrected chi connectivity index (χ2v) is 9.02. The average Bonchev–Trinajstić information content (AvgIpc) is 1.90. The van der Waals surface area contributed by atoms with Crippen molar-refractivity contribution in [2.24, 2.45) is 0 Å². The predicted molar refractivity (Wildman–Crippen MR) is 37.9 cm³/mol. The van der Waals surface area contributed by atoms with Crippen LogP contribution in [0.25, 0.3) is 0 Å². The maximum absolute atomic E-state index is 8.79. The van der Waals surface area contributed by atoms with Crippen molar-refractivity contribution >= 4 is 41.8 Å². The molecule has 0 spiro atoms. The van der Waals surface area contributed by atoms with Crippen LogP contribution in [0, 0.1) is 0 Å². The monoisotopic (exact) mass is 362 g/mol. The molecule has 1 heterocycles. The molecule has 0 aliphatic carbocycles. The molecular weight excluding hydrogens is 347 g/mol. The molecule has 1 fully saturated rings. The number of aliphatic hydroxyl groups is 2. The number of hydrogen-bond acceptors (Lipinski definition) is 2. The molecular formula is C5H10O2Te2. The molecule has 2 nitrogen and oxygen atoms in total. The Morgan fingerprint density at radius 3 is 2.44 bits per heavy atom. The zero-order chi connectivity index (χ0) is 6.69. The zero-order valence-corrected chi connectivity index (χ0v) is 9.65. The van der Waals surface area contributed by atoms with Crippen LogP contribution in [0.5, 0.6) is 0 Å². The molecule has 0 radical (unpaired) electrons. The minimum absolute atomic E-state index is 0.0206. The van der Waals surface area contributed by atoms with E-state index in [1.165, 1.54) is 13.4 Å². The Bertz CT molecular complexity index is 81.0. The molecule has 1 rings (SSSR count). The van der Waals surface area contributed by atoms with Crippen molar-refractivity contribution in [2.75, 3.05) is 0 Å². The summed E-state index contributed by atoms with van der Waals surface area (Å²) in [6.45, 7) is 0.